The van der Waals surface area contributed by atoms with Gasteiger partial charge in [-0.25, -0.2) is 19.0 Å². The Bertz CT molecular complexity index is 1690. The summed E-state index contributed by atoms with van der Waals surface area (Å²) in [4.78, 5) is 44.0. The molecule has 14 nitrogen and oxygen atoms in total. The fourth-order valence-electron chi connectivity index (χ4n) is 6.00. The first-order valence-electron chi connectivity index (χ1n) is 15.4. The topological polar surface area (TPSA) is 159 Å². The van der Waals surface area contributed by atoms with Gasteiger partial charge in [-0.1, -0.05) is 13.0 Å². The van der Waals surface area contributed by atoms with Gasteiger partial charge in [-0.05, 0) is 25.5 Å². The van der Waals surface area contributed by atoms with E-state index in [2.05, 4.69) is 40.8 Å². The zero-order chi connectivity index (χ0) is 32.4. The van der Waals surface area contributed by atoms with Crippen LogP contribution in [0.25, 0.3) is 5.82 Å². The van der Waals surface area contributed by atoms with Gasteiger partial charge in [-0.3, -0.25) is 14.7 Å². The van der Waals surface area contributed by atoms with Crippen molar-refractivity contribution in [1.82, 2.24) is 45.1 Å². The van der Waals surface area contributed by atoms with Crippen molar-refractivity contribution in [3.8, 4) is 5.82 Å². The van der Waals surface area contributed by atoms with E-state index in [0.29, 0.717) is 68.8 Å². The third-order valence-electron chi connectivity index (χ3n) is 8.70. The maximum Gasteiger partial charge on any atom is 0.252 e. The first kappa shape index (κ1) is 31.1. The van der Waals surface area contributed by atoms with E-state index in [1.807, 2.05) is 39.0 Å². The molecule has 4 aromatic heterocycles. The number of ether oxygens (including phenoxy) is 1. The Balaban J connectivity index is 1.16. The van der Waals surface area contributed by atoms with Gasteiger partial charge < -0.3 is 25.2 Å². The summed E-state index contributed by atoms with van der Waals surface area (Å²) in [5, 5.41) is 17.6. The fourth-order valence-corrected chi connectivity index (χ4v) is 6.00. The number of hydrogen-bond donors (Lipinski definition) is 3. The van der Waals surface area contributed by atoms with E-state index in [4.69, 9.17) is 9.72 Å². The molecule has 6 heterocycles. The smallest absolute Gasteiger partial charge is 0.252 e. The number of aromatic nitrogens is 7. The third-order valence-corrected chi connectivity index (χ3v) is 8.70. The van der Waals surface area contributed by atoms with Crippen LogP contribution in [0, 0.1) is 25.6 Å². The van der Waals surface area contributed by atoms with Crippen molar-refractivity contribution in [1.29, 1.82) is 0 Å². The van der Waals surface area contributed by atoms with Crippen LogP contribution in [0.4, 0.5) is 22.0 Å². The van der Waals surface area contributed by atoms with Crippen molar-refractivity contribution < 1.29 is 18.7 Å². The van der Waals surface area contributed by atoms with E-state index in [9.17, 15) is 14.0 Å². The fraction of sp³-hybridized carbons (Fsp3) is 0.452. The number of aromatic amines is 1. The molecule has 2 saturated heterocycles. The van der Waals surface area contributed by atoms with Crippen molar-refractivity contribution in [2.24, 2.45) is 5.92 Å². The van der Waals surface area contributed by atoms with Gasteiger partial charge in [-0.15, -0.1) is 0 Å². The molecule has 0 aliphatic carbocycles. The maximum atomic E-state index is 14.0. The Labute approximate surface area is 265 Å². The number of anilines is 3. The summed E-state index contributed by atoms with van der Waals surface area (Å²) in [5.74, 6) is 1.70. The molecule has 2 aliphatic heterocycles. The van der Waals surface area contributed by atoms with Gasteiger partial charge in [0.25, 0.3) is 5.91 Å². The monoisotopic (exact) mass is 631 g/mol. The lowest BCUT2D eigenvalue weighted by Gasteiger charge is -2.45. The number of nitrogens with one attached hydrogen (secondary N) is 3. The standard InChI is InChI=1S/C31H38FN11O3/c1-5-27(44)42-16-22(17-42)28(21-6-7-26(33-14-21)43-18-23(32)15-34-43)38-29(45)31(46-4)8-10-41(11-9-31)30-35-19(2)12-24(37-30)36-25-13-20(3)39-40-25/h6-7,12-15,18,22,28H,5,8-11,16-17H2,1-4H3,(H,38,45)(H2,35,36,37,39,40)/t28-/m1/s1. The van der Waals surface area contributed by atoms with Crippen molar-refractivity contribution >= 4 is 29.4 Å². The highest BCUT2D eigenvalue weighted by molar-refractivity contribution is 5.86. The highest BCUT2D eigenvalue weighted by atomic mass is 19.1. The number of carbonyl (C=O) groups excluding carboxylic acids is 2. The molecule has 2 aliphatic rings. The van der Waals surface area contributed by atoms with Crippen LogP contribution in [0.1, 0.15) is 49.2 Å². The SMILES string of the molecule is CCC(=O)N1CC([C@H](NC(=O)C2(OC)CCN(c3nc(C)cc(Nc4cc(C)[nH]n4)n3)CC2)c2ccc(-n3cc(F)cn3)nc2)C1. The van der Waals surface area contributed by atoms with Crippen molar-refractivity contribution in [3.63, 3.8) is 0 Å². The Kier molecular flexibility index (Phi) is 8.67. The van der Waals surface area contributed by atoms with E-state index in [1.165, 1.54) is 10.9 Å². The molecule has 242 valence electrons. The van der Waals surface area contributed by atoms with Crippen LogP contribution in [0.2, 0.25) is 0 Å². The van der Waals surface area contributed by atoms with Crippen LogP contribution >= 0.6 is 0 Å². The van der Waals surface area contributed by atoms with Crippen LogP contribution in [-0.2, 0) is 14.3 Å². The molecule has 0 bridgehead atoms. The number of piperidine rings is 1. The molecule has 3 N–H and O–H groups in total. The Morgan fingerprint density at radius 3 is 2.52 bits per heavy atom. The molecule has 0 aromatic carbocycles. The average molecular weight is 632 g/mol. The van der Waals surface area contributed by atoms with Crippen LogP contribution in [-0.4, -0.2) is 90.5 Å². The first-order valence-corrected chi connectivity index (χ1v) is 15.4. The van der Waals surface area contributed by atoms with Crippen LogP contribution in [0.15, 0.2) is 42.9 Å². The second-order valence-corrected chi connectivity index (χ2v) is 11.9. The Morgan fingerprint density at radius 2 is 1.91 bits per heavy atom. The van der Waals surface area contributed by atoms with Gasteiger partial charge in [-0.2, -0.15) is 15.2 Å². The summed E-state index contributed by atoms with van der Waals surface area (Å²) >= 11 is 0. The molecule has 4 aromatic rings. The Hall–Kier alpha value is -4.92. The van der Waals surface area contributed by atoms with Crippen LogP contribution in [0.5, 0.6) is 0 Å². The molecule has 1 atom stereocenters. The summed E-state index contributed by atoms with van der Waals surface area (Å²) in [6.07, 6.45) is 5.30. The summed E-state index contributed by atoms with van der Waals surface area (Å²) in [7, 11) is 1.56. The van der Waals surface area contributed by atoms with Gasteiger partial charge in [0.1, 0.15) is 11.4 Å². The van der Waals surface area contributed by atoms with Gasteiger partial charge in [0, 0.05) is 88.2 Å². The number of pyridine rings is 1. The minimum Gasteiger partial charge on any atom is -0.368 e. The number of amides is 2. The number of likely N-dealkylation sites (tertiary alicyclic amines) is 1. The highest BCUT2D eigenvalue weighted by Crippen LogP contribution is 2.34. The van der Waals surface area contributed by atoms with Crippen LogP contribution in [0.3, 0.4) is 0 Å². The van der Waals surface area contributed by atoms with Gasteiger partial charge in [0.15, 0.2) is 17.5 Å². The molecule has 0 radical (unpaired) electrons. The third kappa shape index (κ3) is 6.40. The predicted molar refractivity (Wildman–Crippen MR) is 167 cm³/mol. The summed E-state index contributed by atoms with van der Waals surface area (Å²) < 4.78 is 20.8. The van der Waals surface area contributed by atoms with E-state index in [0.717, 1.165) is 23.1 Å². The minimum absolute atomic E-state index is 0.00633. The number of rotatable bonds is 10. The minimum atomic E-state index is -1.06. The lowest BCUT2D eigenvalue weighted by atomic mass is 9.85. The van der Waals surface area contributed by atoms with E-state index < -0.39 is 17.5 Å². The Morgan fingerprint density at radius 1 is 1.13 bits per heavy atom. The van der Waals surface area contributed by atoms with Crippen molar-refractivity contribution in [3.05, 3.63) is 65.6 Å². The van der Waals surface area contributed by atoms with Crippen LogP contribution < -0.4 is 15.5 Å². The number of halogens is 1. The number of nitrogens with zero attached hydrogens (tertiary/aromatic N) is 8. The number of aryl methyl sites for hydroxylation is 2. The predicted octanol–water partition coefficient (Wildman–Crippen LogP) is 2.99. The quantitative estimate of drug-likeness (QED) is 0.238. The van der Waals surface area contributed by atoms with E-state index in [-0.39, 0.29) is 17.7 Å². The number of H-pyrrole nitrogens is 1. The lowest BCUT2D eigenvalue weighted by Crippen LogP contribution is -2.59. The normalized spacial score (nSPS) is 17.0. The molecular formula is C31H38FN11O3. The second kappa shape index (κ2) is 12.8. The van der Waals surface area contributed by atoms with E-state index in [1.54, 1.807) is 24.3 Å². The molecule has 0 unspecified atom stereocenters. The lowest BCUT2D eigenvalue weighted by molar-refractivity contribution is -0.148. The summed E-state index contributed by atoms with van der Waals surface area (Å²) in [5.41, 5.74) is 1.46. The molecule has 6 rings (SSSR count). The molecule has 15 heteroatoms. The zero-order valence-electron chi connectivity index (χ0n) is 26.3. The molecule has 46 heavy (non-hydrogen) atoms. The van der Waals surface area contributed by atoms with Gasteiger partial charge in [0.2, 0.25) is 11.9 Å². The largest absolute Gasteiger partial charge is 0.368 e. The number of carbonyl (C=O) groups is 2. The highest BCUT2D eigenvalue weighted by Gasteiger charge is 2.45. The first-order chi connectivity index (χ1) is 22.2. The second-order valence-electron chi connectivity index (χ2n) is 11.9. The molecule has 0 spiro atoms. The molecular weight excluding hydrogens is 593 g/mol. The number of methoxy groups -OCH3 is 1. The molecule has 0 saturated carbocycles. The average Bonchev–Trinajstić information content (AvgIpc) is 3.66. The number of hydrogen-bond acceptors (Lipinski definition) is 10. The van der Waals surface area contributed by atoms with E-state index >= 15 is 0 Å². The summed E-state index contributed by atoms with van der Waals surface area (Å²) in [6.45, 7) is 7.74. The van der Waals surface area contributed by atoms with Gasteiger partial charge >= 0.3 is 0 Å². The molecule has 2 amide bonds. The summed E-state index contributed by atoms with van der Waals surface area (Å²) in [6, 6.07) is 6.93. The maximum absolute atomic E-state index is 14.0. The van der Waals surface area contributed by atoms with Crippen molar-refractivity contribution in [2.45, 2.75) is 51.7 Å². The zero-order valence-corrected chi connectivity index (χ0v) is 26.3. The molecule has 2 fully saturated rings. The van der Waals surface area contributed by atoms with Crippen molar-refractivity contribution in [2.75, 3.05) is 43.5 Å². The van der Waals surface area contributed by atoms with Gasteiger partial charge in [0.05, 0.1) is 18.4 Å².